The smallest absolute Gasteiger partial charge is 0.182 e. The maximum Gasteiger partial charge on any atom is 0.182 e. The van der Waals surface area contributed by atoms with E-state index in [1.54, 1.807) is 35.1 Å². The summed E-state index contributed by atoms with van der Waals surface area (Å²) in [7, 11) is 0. The highest BCUT2D eigenvalue weighted by atomic mass is 32.1. The van der Waals surface area contributed by atoms with Crippen LogP contribution in [0.4, 0.5) is 0 Å². The predicted molar refractivity (Wildman–Crippen MR) is 195 cm³/mol. The van der Waals surface area contributed by atoms with Crippen molar-refractivity contribution in [3.63, 3.8) is 0 Å². The fraction of sp³-hybridized carbons (Fsp3) is 0.250. The van der Waals surface area contributed by atoms with Crippen molar-refractivity contribution in [1.29, 1.82) is 0 Å². The molecule has 0 aromatic carbocycles. The van der Waals surface area contributed by atoms with Gasteiger partial charge < -0.3 is 0 Å². The summed E-state index contributed by atoms with van der Waals surface area (Å²) < 4.78 is 0. The van der Waals surface area contributed by atoms with Crippen molar-refractivity contribution < 1.29 is 0 Å². The van der Waals surface area contributed by atoms with Gasteiger partial charge in [-0.15, -0.1) is 22.7 Å². The molecule has 0 unspecified atom stereocenters. The van der Waals surface area contributed by atoms with Crippen molar-refractivity contribution in [3.05, 3.63) is 114 Å². The fourth-order valence-corrected chi connectivity index (χ4v) is 5.41. The first-order chi connectivity index (χ1) is 23.8. The van der Waals surface area contributed by atoms with Crippen LogP contribution in [0, 0.1) is 0 Å². The molecule has 0 N–H and O–H groups in total. The molecule has 0 aliphatic carbocycles. The number of pyridine rings is 2. The molecule has 7 aromatic rings. The van der Waals surface area contributed by atoms with Gasteiger partial charge in [-0.05, 0) is 47.2 Å². The fourth-order valence-electron chi connectivity index (χ4n) is 4.10. The molecule has 0 amide bonds. The number of hydrogen-bond donors (Lipinski definition) is 0. The molecule has 49 heavy (non-hydrogen) atoms. The van der Waals surface area contributed by atoms with Gasteiger partial charge in [0, 0.05) is 30.1 Å². The van der Waals surface area contributed by atoms with Crippen LogP contribution in [-0.4, -0.2) is 54.8 Å². The van der Waals surface area contributed by atoms with Crippen LogP contribution < -0.4 is 0 Å². The zero-order valence-electron chi connectivity index (χ0n) is 28.2. The molecule has 11 nitrogen and oxygen atoms in total. The number of thiophene rings is 2. The monoisotopic (exact) mass is 687 g/mol. The largest absolute Gasteiger partial charge is 0.253 e. The van der Waals surface area contributed by atoms with Gasteiger partial charge in [0.1, 0.15) is 41.5 Å². The summed E-state index contributed by atoms with van der Waals surface area (Å²) in [6, 6.07) is 19.5. The summed E-state index contributed by atoms with van der Waals surface area (Å²) >= 11 is 3.31. The summed E-state index contributed by atoms with van der Waals surface area (Å²) in [5, 5.41) is 4.08. The van der Waals surface area contributed by atoms with Gasteiger partial charge in [0.25, 0.3) is 0 Å². The molecule has 0 fully saturated rings. The van der Waals surface area contributed by atoms with Gasteiger partial charge >= 0.3 is 0 Å². The van der Waals surface area contributed by atoms with Crippen LogP contribution >= 0.6 is 22.7 Å². The molecule has 0 saturated heterocycles. The zero-order valence-corrected chi connectivity index (χ0v) is 29.8. The van der Waals surface area contributed by atoms with E-state index in [0.29, 0.717) is 23.5 Å². The normalized spacial score (nSPS) is 10.8. The Hall–Kier alpha value is -5.27. The highest BCUT2D eigenvalue weighted by molar-refractivity contribution is 7.13. The molecule has 0 spiro atoms. The SMILES string of the molecule is CC(C)c1nc(-c2ccccn2)nc(-c2ccccn2)n1.CC(C)c1nc(-c2cccs2)nc(-c2cccs2)n1.CC(C)c1ncncn1. The van der Waals surface area contributed by atoms with Gasteiger partial charge in [-0.1, -0.05) is 65.8 Å². The van der Waals surface area contributed by atoms with Gasteiger partial charge in [-0.3, -0.25) is 9.97 Å². The maximum absolute atomic E-state index is 4.60. The Morgan fingerprint density at radius 1 is 0.429 bits per heavy atom. The summed E-state index contributed by atoms with van der Waals surface area (Å²) in [4.78, 5) is 49.7. The second-order valence-corrected chi connectivity index (χ2v) is 13.4. The van der Waals surface area contributed by atoms with Crippen molar-refractivity contribution in [2.75, 3.05) is 0 Å². The molecule has 0 radical (unpaired) electrons. The first-order valence-corrected chi connectivity index (χ1v) is 17.6. The average molecular weight is 688 g/mol. The van der Waals surface area contributed by atoms with Crippen molar-refractivity contribution in [3.8, 4) is 44.4 Å². The highest BCUT2D eigenvalue weighted by Crippen LogP contribution is 2.27. The molecule has 0 aliphatic rings. The Balaban J connectivity index is 0.000000154. The Labute approximate surface area is 294 Å². The highest BCUT2D eigenvalue weighted by Gasteiger charge is 2.15. The topological polar surface area (TPSA) is 142 Å². The van der Waals surface area contributed by atoms with E-state index in [0.717, 1.165) is 50.3 Å². The lowest BCUT2D eigenvalue weighted by molar-refractivity contribution is 0.759. The number of rotatable bonds is 7. The molecule has 13 heteroatoms. The van der Waals surface area contributed by atoms with Gasteiger partial charge in [0.05, 0.1) is 9.75 Å². The van der Waals surface area contributed by atoms with Crippen LogP contribution in [0.15, 0.2) is 96.5 Å². The Kier molecular flexibility index (Phi) is 12.3. The lowest BCUT2D eigenvalue weighted by Crippen LogP contribution is -2.05. The van der Waals surface area contributed by atoms with Crippen LogP contribution in [0.2, 0.25) is 0 Å². The molecule has 7 heterocycles. The minimum absolute atomic E-state index is 0.206. The second kappa shape index (κ2) is 17.2. The summed E-state index contributed by atoms with van der Waals surface area (Å²) in [6.45, 7) is 12.4. The minimum Gasteiger partial charge on any atom is -0.253 e. The Morgan fingerprint density at radius 2 is 0.857 bits per heavy atom. The van der Waals surface area contributed by atoms with Crippen LogP contribution in [0.3, 0.4) is 0 Å². The molecule has 248 valence electrons. The third kappa shape index (κ3) is 9.87. The van der Waals surface area contributed by atoms with E-state index in [2.05, 4.69) is 96.4 Å². The standard InChI is InChI=1S/C16H15N5.C14H13N3S2.C6H9N3/c1-11(2)14-19-15(12-7-3-5-9-17-12)21-16(20-14)13-8-4-6-10-18-13;1-9(2)12-15-13(10-5-3-7-18-10)17-14(16-12)11-6-4-8-19-11;1-5(2)6-8-3-7-4-9-6/h3-11H,1-2H3;3-9H,1-2H3;3-5H,1-2H3. The molecular weight excluding hydrogens is 651 g/mol. The first-order valence-electron chi connectivity index (χ1n) is 15.8. The van der Waals surface area contributed by atoms with Crippen LogP contribution in [0.5, 0.6) is 0 Å². The van der Waals surface area contributed by atoms with Crippen molar-refractivity contribution in [2.45, 2.75) is 59.3 Å². The number of aromatic nitrogens is 11. The molecule has 7 rings (SSSR count). The van der Waals surface area contributed by atoms with Gasteiger partial charge in [-0.25, -0.2) is 44.9 Å². The van der Waals surface area contributed by atoms with E-state index in [1.807, 2.05) is 71.4 Å². The van der Waals surface area contributed by atoms with Gasteiger partial charge in [0.15, 0.2) is 23.3 Å². The predicted octanol–water partition coefficient (Wildman–Crippen LogP) is 8.57. The van der Waals surface area contributed by atoms with Gasteiger partial charge in [0.2, 0.25) is 0 Å². The average Bonchev–Trinajstić information content (AvgIpc) is 3.89. The van der Waals surface area contributed by atoms with Gasteiger partial charge in [-0.2, -0.15) is 0 Å². The summed E-state index contributed by atoms with van der Waals surface area (Å²) in [5.74, 6) is 6.04. The lowest BCUT2D eigenvalue weighted by Gasteiger charge is -2.08. The van der Waals surface area contributed by atoms with Crippen LogP contribution in [-0.2, 0) is 0 Å². The summed E-state index contributed by atoms with van der Waals surface area (Å²) in [5.41, 5.74) is 1.47. The van der Waals surface area contributed by atoms with Crippen LogP contribution in [0.25, 0.3) is 44.4 Å². The van der Waals surface area contributed by atoms with Crippen LogP contribution in [0.1, 0.15) is 76.8 Å². The van der Waals surface area contributed by atoms with E-state index in [1.165, 1.54) is 12.7 Å². The van der Waals surface area contributed by atoms with E-state index in [9.17, 15) is 0 Å². The Morgan fingerprint density at radius 3 is 1.20 bits per heavy atom. The molecular formula is C36H37N11S2. The van der Waals surface area contributed by atoms with Crippen molar-refractivity contribution >= 4 is 22.7 Å². The maximum atomic E-state index is 4.60. The van der Waals surface area contributed by atoms with E-state index in [-0.39, 0.29) is 5.92 Å². The quantitative estimate of drug-likeness (QED) is 0.159. The van der Waals surface area contributed by atoms with Crippen molar-refractivity contribution in [2.24, 2.45) is 0 Å². The zero-order chi connectivity index (χ0) is 34.6. The molecule has 0 saturated carbocycles. The van der Waals surface area contributed by atoms with E-state index < -0.39 is 0 Å². The third-order valence-electron chi connectivity index (χ3n) is 6.64. The van der Waals surface area contributed by atoms with Crippen molar-refractivity contribution in [1.82, 2.24) is 54.8 Å². The molecule has 0 aliphatic heterocycles. The minimum atomic E-state index is 0.206. The molecule has 0 bridgehead atoms. The second-order valence-electron chi connectivity index (χ2n) is 11.5. The van der Waals surface area contributed by atoms with E-state index in [4.69, 9.17) is 0 Å². The summed E-state index contributed by atoms with van der Waals surface area (Å²) in [6.07, 6.45) is 6.49. The molecule has 7 aromatic heterocycles. The Bertz CT molecular complexity index is 1880. The number of nitrogens with zero attached hydrogens (tertiary/aromatic N) is 11. The number of hydrogen-bond acceptors (Lipinski definition) is 13. The van der Waals surface area contributed by atoms with E-state index >= 15 is 0 Å². The third-order valence-corrected chi connectivity index (χ3v) is 8.37. The first kappa shape index (κ1) is 35.0. The molecule has 0 atom stereocenters. The lowest BCUT2D eigenvalue weighted by atomic mass is 10.2.